The smallest absolute Gasteiger partial charge is 0.370 e. The Morgan fingerprint density at radius 2 is 1.93 bits per heavy atom. The van der Waals surface area contributed by atoms with Gasteiger partial charge in [-0.2, -0.15) is 13.2 Å². The summed E-state index contributed by atoms with van der Waals surface area (Å²) in [5, 5.41) is 6.46. The van der Waals surface area contributed by atoms with Crippen molar-refractivity contribution in [1.29, 1.82) is 0 Å². The number of amides is 1. The average Bonchev–Trinajstić information content (AvgIpc) is 2.93. The minimum absolute atomic E-state index is 0.00312. The summed E-state index contributed by atoms with van der Waals surface area (Å²) in [4.78, 5) is 14.5. The second-order valence-electron chi connectivity index (χ2n) is 6.81. The predicted octanol–water partition coefficient (Wildman–Crippen LogP) is 4.48. The molecule has 2 heterocycles. The summed E-state index contributed by atoms with van der Waals surface area (Å²) in [6.45, 7) is 4.95. The zero-order chi connectivity index (χ0) is 19.6. The maximum Gasteiger partial charge on any atom is 0.416 e. The monoisotopic (exact) mass is 381 g/mol. The Morgan fingerprint density at radius 1 is 1.22 bits per heavy atom. The normalized spacial score (nSPS) is 15.1. The van der Waals surface area contributed by atoms with Crippen LogP contribution < -0.4 is 10.2 Å². The van der Waals surface area contributed by atoms with Gasteiger partial charge in [0, 0.05) is 18.7 Å². The summed E-state index contributed by atoms with van der Waals surface area (Å²) in [7, 11) is 0. The highest BCUT2D eigenvalue weighted by Crippen LogP contribution is 2.36. The lowest BCUT2D eigenvalue weighted by Crippen LogP contribution is -2.30. The van der Waals surface area contributed by atoms with Crippen LogP contribution in [0.3, 0.4) is 0 Å². The molecule has 8 heteroatoms. The topological polar surface area (TPSA) is 58.4 Å². The minimum Gasteiger partial charge on any atom is -0.370 e. The number of alkyl halides is 3. The molecule has 5 nitrogen and oxygen atoms in total. The molecule has 1 fully saturated rings. The van der Waals surface area contributed by atoms with Crippen molar-refractivity contribution in [3.63, 3.8) is 0 Å². The molecule has 0 atom stereocenters. The van der Waals surface area contributed by atoms with Gasteiger partial charge in [-0.25, -0.2) is 0 Å². The average molecular weight is 381 g/mol. The van der Waals surface area contributed by atoms with Gasteiger partial charge in [-0.05, 0) is 51.3 Å². The third-order valence-corrected chi connectivity index (χ3v) is 4.81. The molecule has 1 saturated heterocycles. The van der Waals surface area contributed by atoms with E-state index in [2.05, 4.69) is 10.5 Å². The molecule has 146 valence electrons. The standard InChI is InChI=1S/C19H22F3N3O2/c1-12-15(13(2)27-24-12)11-18(26)23-16-10-14(19(20,21)22)6-7-17(16)25-8-4-3-5-9-25/h6-7,10H,3-5,8-9,11H2,1-2H3,(H,23,26). The van der Waals surface area contributed by atoms with Crippen LogP contribution in [0.1, 0.15) is 41.8 Å². The second-order valence-corrected chi connectivity index (χ2v) is 6.81. The SMILES string of the molecule is Cc1noc(C)c1CC(=O)Nc1cc(C(F)(F)F)ccc1N1CCCCC1. The molecule has 1 amide bonds. The molecule has 1 aromatic carbocycles. The van der Waals surface area contributed by atoms with Crippen LogP contribution >= 0.6 is 0 Å². The lowest BCUT2D eigenvalue weighted by molar-refractivity contribution is -0.137. The highest BCUT2D eigenvalue weighted by atomic mass is 19.4. The van der Waals surface area contributed by atoms with E-state index in [4.69, 9.17) is 4.52 Å². The van der Waals surface area contributed by atoms with Gasteiger partial charge in [0.05, 0.1) is 29.1 Å². The zero-order valence-corrected chi connectivity index (χ0v) is 15.3. The van der Waals surface area contributed by atoms with Crippen LogP contribution in [0.2, 0.25) is 0 Å². The van der Waals surface area contributed by atoms with Crippen molar-refractivity contribution in [3.05, 3.63) is 40.8 Å². The fraction of sp³-hybridized carbons (Fsp3) is 0.474. The summed E-state index contributed by atoms with van der Waals surface area (Å²) >= 11 is 0. The van der Waals surface area contributed by atoms with Crippen LogP contribution in [0.4, 0.5) is 24.5 Å². The third-order valence-electron chi connectivity index (χ3n) is 4.81. The molecule has 3 rings (SSSR count). The molecule has 1 aromatic heterocycles. The Kier molecular flexibility index (Phi) is 5.43. The van der Waals surface area contributed by atoms with Crippen molar-refractivity contribution in [3.8, 4) is 0 Å². The first-order chi connectivity index (χ1) is 12.8. The highest BCUT2D eigenvalue weighted by Gasteiger charge is 2.32. The first kappa shape index (κ1) is 19.3. The molecule has 2 aromatic rings. The second kappa shape index (κ2) is 7.62. The van der Waals surface area contributed by atoms with E-state index >= 15 is 0 Å². The first-order valence-corrected chi connectivity index (χ1v) is 8.93. The van der Waals surface area contributed by atoms with Crippen molar-refractivity contribution in [2.24, 2.45) is 0 Å². The molecule has 1 aliphatic heterocycles. The zero-order valence-electron chi connectivity index (χ0n) is 15.3. The number of aryl methyl sites for hydroxylation is 2. The molecule has 0 saturated carbocycles. The van der Waals surface area contributed by atoms with E-state index < -0.39 is 17.6 Å². The Labute approximate surface area is 155 Å². The van der Waals surface area contributed by atoms with Gasteiger partial charge in [-0.3, -0.25) is 4.79 Å². The van der Waals surface area contributed by atoms with Crippen LogP contribution in [-0.4, -0.2) is 24.2 Å². The molecular weight excluding hydrogens is 359 g/mol. The molecular formula is C19H22F3N3O2. The van der Waals surface area contributed by atoms with E-state index in [0.29, 0.717) is 22.7 Å². The number of halogens is 3. The number of hydrogen-bond donors (Lipinski definition) is 1. The third kappa shape index (κ3) is 4.43. The van der Waals surface area contributed by atoms with E-state index in [1.165, 1.54) is 6.07 Å². The number of rotatable bonds is 4. The number of carbonyl (C=O) groups excluding carboxylic acids is 1. The molecule has 0 spiro atoms. The largest absolute Gasteiger partial charge is 0.416 e. The Bertz CT molecular complexity index is 805. The van der Waals surface area contributed by atoms with Gasteiger partial charge in [-0.15, -0.1) is 0 Å². The number of benzene rings is 1. The fourth-order valence-corrected chi connectivity index (χ4v) is 3.33. The number of piperidine rings is 1. The molecule has 1 aliphatic rings. The van der Waals surface area contributed by atoms with E-state index in [1.54, 1.807) is 13.8 Å². The van der Waals surface area contributed by atoms with Crippen LogP contribution in [0.5, 0.6) is 0 Å². The Hall–Kier alpha value is -2.51. The quantitative estimate of drug-likeness (QED) is 0.848. The summed E-state index contributed by atoms with van der Waals surface area (Å²) in [5.41, 5.74) is 1.27. The molecule has 27 heavy (non-hydrogen) atoms. The number of carbonyl (C=O) groups is 1. The lowest BCUT2D eigenvalue weighted by Gasteiger charge is -2.31. The number of aromatic nitrogens is 1. The highest BCUT2D eigenvalue weighted by molar-refractivity contribution is 5.96. The van der Waals surface area contributed by atoms with Crippen molar-refractivity contribution in [2.75, 3.05) is 23.3 Å². The van der Waals surface area contributed by atoms with E-state index in [1.807, 2.05) is 4.90 Å². The van der Waals surface area contributed by atoms with Crippen LogP contribution in [0.25, 0.3) is 0 Å². The van der Waals surface area contributed by atoms with Crippen molar-refractivity contribution >= 4 is 17.3 Å². The maximum absolute atomic E-state index is 13.1. The number of nitrogens with zero attached hydrogens (tertiary/aromatic N) is 2. The molecule has 1 N–H and O–H groups in total. The summed E-state index contributed by atoms with van der Waals surface area (Å²) in [5.74, 6) is 0.130. The first-order valence-electron chi connectivity index (χ1n) is 8.93. The number of nitrogens with one attached hydrogen (secondary N) is 1. The fourth-order valence-electron chi connectivity index (χ4n) is 3.33. The Balaban J connectivity index is 1.87. The predicted molar refractivity (Wildman–Crippen MR) is 95.8 cm³/mol. The van der Waals surface area contributed by atoms with Crippen molar-refractivity contribution in [2.45, 2.75) is 45.7 Å². The minimum atomic E-state index is -4.47. The van der Waals surface area contributed by atoms with E-state index in [9.17, 15) is 18.0 Å². The molecule has 0 radical (unpaired) electrons. The molecule has 0 bridgehead atoms. The summed E-state index contributed by atoms with van der Waals surface area (Å²) in [6, 6.07) is 3.52. The van der Waals surface area contributed by atoms with Gasteiger partial charge in [0.1, 0.15) is 5.76 Å². The van der Waals surface area contributed by atoms with E-state index in [-0.39, 0.29) is 12.1 Å². The van der Waals surface area contributed by atoms with E-state index in [0.717, 1.165) is 44.5 Å². The van der Waals surface area contributed by atoms with Gasteiger partial charge in [0.15, 0.2) is 0 Å². The lowest BCUT2D eigenvalue weighted by atomic mass is 10.1. The number of anilines is 2. The Morgan fingerprint density at radius 3 is 2.52 bits per heavy atom. The van der Waals surface area contributed by atoms with Crippen LogP contribution in [0.15, 0.2) is 22.7 Å². The van der Waals surface area contributed by atoms with Crippen molar-refractivity contribution in [1.82, 2.24) is 5.16 Å². The van der Waals surface area contributed by atoms with Gasteiger partial charge in [0.25, 0.3) is 0 Å². The van der Waals surface area contributed by atoms with Gasteiger partial charge in [0.2, 0.25) is 5.91 Å². The molecule has 0 aliphatic carbocycles. The van der Waals surface area contributed by atoms with Gasteiger partial charge < -0.3 is 14.7 Å². The van der Waals surface area contributed by atoms with Crippen molar-refractivity contribution < 1.29 is 22.5 Å². The summed E-state index contributed by atoms with van der Waals surface area (Å²) in [6.07, 6.45) is -1.41. The van der Waals surface area contributed by atoms with Crippen LogP contribution in [-0.2, 0) is 17.4 Å². The van der Waals surface area contributed by atoms with Gasteiger partial charge >= 0.3 is 6.18 Å². The maximum atomic E-state index is 13.1. The summed E-state index contributed by atoms with van der Waals surface area (Å²) < 4.78 is 44.5. The van der Waals surface area contributed by atoms with Crippen LogP contribution in [0, 0.1) is 13.8 Å². The van der Waals surface area contributed by atoms with Gasteiger partial charge in [-0.1, -0.05) is 5.16 Å². The number of hydrogen-bond acceptors (Lipinski definition) is 4. The molecule has 0 unspecified atom stereocenters.